The summed E-state index contributed by atoms with van der Waals surface area (Å²) in [5.41, 5.74) is 14.3. The molecule has 10 nitrogen and oxygen atoms in total. The number of primary amides is 1. The first-order valence-corrected chi connectivity index (χ1v) is 16.6. The molecule has 0 fully saturated rings. The molecule has 1 unspecified atom stereocenters. The summed E-state index contributed by atoms with van der Waals surface area (Å²) in [6.45, 7) is 11.0. The molecule has 2 aromatic carbocycles. The standard InChI is InChI=1S/C28H35FN6O4Si/c1-17-14-24(34-39-17)32-28-25(27(31)36)26(33-35(28)16-37-12-13-40(3,4)5)20-8-11-22(30)23(15-20)38-18(2)19-6-9-21(29)10-7-19/h6-11,14-15,18H,12-13,16,30H2,1-5H3,(H2,31,36)(H,32,34). The summed E-state index contributed by atoms with van der Waals surface area (Å²) in [6, 6.07) is 13.8. The molecule has 0 saturated carbocycles. The van der Waals surface area contributed by atoms with Crippen LogP contribution in [0.3, 0.4) is 0 Å². The number of halogens is 1. The van der Waals surface area contributed by atoms with E-state index in [0.717, 1.165) is 11.6 Å². The molecule has 2 heterocycles. The van der Waals surface area contributed by atoms with E-state index in [2.05, 4.69) is 30.1 Å². The van der Waals surface area contributed by atoms with Crippen LogP contribution < -0.4 is 21.5 Å². The van der Waals surface area contributed by atoms with E-state index in [-0.39, 0.29) is 18.1 Å². The van der Waals surface area contributed by atoms with Crippen LogP contribution in [0.15, 0.2) is 53.1 Å². The number of nitrogen functional groups attached to an aromatic ring is 1. The molecule has 0 bridgehead atoms. The first-order valence-electron chi connectivity index (χ1n) is 12.9. The highest BCUT2D eigenvalue weighted by Gasteiger charge is 2.25. The number of aryl methyl sites for hydroxylation is 1. The molecule has 0 radical (unpaired) electrons. The lowest BCUT2D eigenvalue weighted by Gasteiger charge is -2.17. The van der Waals surface area contributed by atoms with Gasteiger partial charge in [0.1, 0.15) is 47.2 Å². The Hall–Kier alpha value is -4.16. The number of benzene rings is 2. The highest BCUT2D eigenvalue weighted by Crippen LogP contribution is 2.36. The van der Waals surface area contributed by atoms with Gasteiger partial charge in [0.2, 0.25) is 0 Å². The van der Waals surface area contributed by atoms with E-state index in [0.29, 0.717) is 46.7 Å². The first-order chi connectivity index (χ1) is 18.9. The molecule has 0 spiro atoms. The van der Waals surface area contributed by atoms with E-state index >= 15 is 0 Å². The van der Waals surface area contributed by atoms with Crippen molar-refractivity contribution < 1.29 is 23.2 Å². The second kappa shape index (κ2) is 11.9. The van der Waals surface area contributed by atoms with Gasteiger partial charge in [0.25, 0.3) is 5.91 Å². The van der Waals surface area contributed by atoms with Crippen LogP contribution in [0.2, 0.25) is 25.7 Å². The molecule has 0 aliphatic rings. The molecule has 4 rings (SSSR count). The van der Waals surface area contributed by atoms with Crippen molar-refractivity contribution >= 4 is 31.3 Å². The van der Waals surface area contributed by atoms with Crippen molar-refractivity contribution in [2.75, 3.05) is 17.7 Å². The number of ether oxygens (including phenoxy) is 2. The number of nitrogens with two attached hydrogens (primary N) is 2. The number of nitrogens with zero attached hydrogens (tertiary/aromatic N) is 3. The fourth-order valence-electron chi connectivity index (χ4n) is 3.97. The molecule has 2 aromatic heterocycles. The lowest BCUT2D eigenvalue weighted by atomic mass is 10.1. The topological polar surface area (TPSA) is 143 Å². The number of rotatable bonds is 12. The third-order valence-electron chi connectivity index (χ3n) is 6.21. The number of nitrogens with one attached hydrogen (secondary N) is 1. The van der Waals surface area contributed by atoms with Crippen molar-refractivity contribution in [3.63, 3.8) is 0 Å². The van der Waals surface area contributed by atoms with Crippen LogP contribution in [-0.2, 0) is 11.5 Å². The zero-order valence-corrected chi connectivity index (χ0v) is 24.3. The highest BCUT2D eigenvalue weighted by atomic mass is 28.3. The average Bonchev–Trinajstić information content (AvgIpc) is 3.46. The van der Waals surface area contributed by atoms with Crippen molar-refractivity contribution in [1.29, 1.82) is 0 Å². The lowest BCUT2D eigenvalue weighted by Crippen LogP contribution is -2.22. The molecule has 5 N–H and O–H groups in total. The van der Waals surface area contributed by atoms with E-state index in [9.17, 15) is 9.18 Å². The van der Waals surface area contributed by atoms with Gasteiger partial charge >= 0.3 is 0 Å². The molecule has 0 aliphatic heterocycles. The van der Waals surface area contributed by atoms with Gasteiger partial charge in [0.15, 0.2) is 5.82 Å². The zero-order chi connectivity index (χ0) is 29.0. The van der Waals surface area contributed by atoms with Gasteiger partial charge in [-0.3, -0.25) is 4.79 Å². The van der Waals surface area contributed by atoms with Crippen LogP contribution in [0.4, 0.5) is 21.7 Å². The third-order valence-corrected chi connectivity index (χ3v) is 7.92. The Morgan fingerprint density at radius 2 is 1.90 bits per heavy atom. The van der Waals surface area contributed by atoms with Gasteiger partial charge < -0.3 is 30.8 Å². The third kappa shape index (κ3) is 7.07. The number of anilines is 3. The summed E-state index contributed by atoms with van der Waals surface area (Å²) in [5, 5.41) is 11.8. The minimum absolute atomic E-state index is 0.0872. The van der Waals surface area contributed by atoms with Crippen LogP contribution in [0.1, 0.15) is 34.7 Å². The number of carbonyl (C=O) groups excluding carboxylic acids is 1. The van der Waals surface area contributed by atoms with Gasteiger partial charge in [0, 0.05) is 26.3 Å². The maximum atomic E-state index is 13.4. The fourth-order valence-corrected chi connectivity index (χ4v) is 4.73. The summed E-state index contributed by atoms with van der Waals surface area (Å²) in [7, 11) is -1.31. The number of hydrogen-bond donors (Lipinski definition) is 3. The lowest BCUT2D eigenvalue weighted by molar-refractivity contribution is 0.0802. The minimum Gasteiger partial charge on any atom is -0.484 e. The summed E-state index contributed by atoms with van der Waals surface area (Å²) in [4.78, 5) is 12.8. The number of amides is 1. The molecular weight excluding hydrogens is 531 g/mol. The summed E-state index contributed by atoms with van der Waals surface area (Å²) < 4.78 is 32.2. The Kier molecular flexibility index (Phi) is 8.60. The number of hydrogen-bond acceptors (Lipinski definition) is 8. The smallest absolute Gasteiger partial charge is 0.254 e. The van der Waals surface area contributed by atoms with Crippen molar-refractivity contribution in [3.8, 4) is 17.0 Å². The van der Waals surface area contributed by atoms with Gasteiger partial charge in [-0.2, -0.15) is 5.10 Å². The monoisotopic (exact) mass is 566 g/mol. The Bertz CT molecular complexity index is 1480. The van der Waals surface area contributed by atoms with Crippen molar-refractivity contribution in [2.24, 2.45) is 5.73 Å². The molecular formula is C28H35FN6O4Si. The van der Waals surface area contributed by atoms with E-state index in [1.165, 1.54) is 12.1 Å². The number of aromatic nitrogens is 3. The van der Waals surface area contributed by atoms with Gasteiger partial charge in [0.05, 0.1) is 5.69 Å². The predicted octanol–water partition coefficient (Wildman–Crippen LogP) is 5.86. The van der Waals surface area contributed by atoms with Crippen LogP contribution in [0.25, 0.3) is 11.3 Å². The summed E-state index contributed by atoms with van der Waals surface area (Å²) in [5.74, 6) is 0.669. The fraction of sp³-hybridized carbons (Fsp3) is 0.321. The maximum Gasteiger partial charge on any atom is 0.254 e. The Balaban J connectivity index is 1.70. The van der Waals surface area contributed by atoms with Crippen molar-refractivity contribution in [2.45, 2.75) is 52.4 Å². The molecule has 0 aliphatic carbocycles. The average molecular weight is 567 g/mol. The zero-order valence-electron chi connectivity index (χ0n) is 23.3. The molecule has 1 amide bonds. The molecule has 1 atom stereocenters. The predicted molar refractivity (Wildman–Crippen MR) is 155 cm³/mol. The molecule has 0 saturated heterocycles. The van der Waals surface area contributed by atoms with E-state index < -0.39 is 20.1 Å². The largest absolute Gasteiger partial charge is 0.484 e. The molecule has 40 heavy (non-hydrogen) atoms. The summed E-state index contributed by atoms with van der Waals surface area (Å²) in [6.07, 6.45) is -0.418. The first kappa shape index (κ1) is 28.8. The molecule has 12 heteroatoms. The Morgan fingerprint density at radius 1 is 1.18 bits per heavy atom. The van der Waals surface area contributed by atoms with Gasteiger partial charge in [-0.15, -0.1) is 0 Å². The van der Waals surface area contributed by atoms with Crippen molar-refractivity contribution in [3.05, 3.63) is 71.2 Å². The van der Waals surface area contributed by atoms with Crippen LogP contribution in [0.5, 0.6) is 5.75 Å². The quantitative estimate of drug-likeness (QED) is 0.110. The van der Waals surface area contributed by atoms with Crippen molar-refractivity contribution in [1.82, 2.24) is 14.9 Å². The van der Waals surface area contributed by atoms with Gasteiger partial charge in [-0.05, 0) is 49.7 Å². The molecule has 212 valence electrons. The second-order valence-corrected chi connectivity index (χ2v) is 16.4. The number of carbonyl (C=O) groups is 1. The molecule has 4 aromatic rings. The van der Waals surface area contributed by atoms with E-state index in [4.69, 9.17) is 30.6 Å². The SMILES string of the molecule is Cc1cc(Nc2c(C(N)=O)c(-c3ccc(N)c(OC(C)c4ccc(F)cc4)c3)nn2COCC[Si](C)(C)C)no1. The summed E-state index contributed by atoms with van der Waals surface area (Å²) >= 11 is 0. The van der Waals surface area contributed by atoms with E-state index in [1.807, 2.05) is 6.92 Å². The van der Waals surface area contributed by atoms with Gasteiger partial charge in [-0.25, -0.2) is 9.07 Å². The van der Waals surface area contributed by atoms with Gasteiger partial charge in [-0.1, -0.05) is 43.0 Å². The van der Waals surface area contributed by atoms with Crippen LogP contribution in [0, 0.1) is 12.7 Å². The highest BCUT2D eigenvalue weighted by molar-refractivity contribution is 6.76. The van der Waals surface area contributed by atoms with Crippen LogP contribution >= 0.6 is 0 Å². The maximum absolute atomic E-state index is 13.4. The minimum atomic E-state index is -1.31. The second-order valence-electron chi connectivity index (χ2n) is 10.8. The Morgan fingerprint density at radius 3 is 2.52 bits per heavy atom. The van der Waals surface area contributed by atoms with Crippen LogP contribution in [-0.4, -0.2) is 35.5 Å². The van der Waals surface area contributed by atoms with E-state index in [1.54, 1.807) is 48.0 Å². The normalized spacial score (nSPS) is 12.3. The Labute approximate surface area is 233 Å².